The van der Waals surface area contributed by atoms with Gasteiger partial charge in [-0.3, -0.25) is 4.79 Å². The van der Waals surface area contributed by atoms with Gasteiger partial charge in [0.1, 0.15) is 17.1 Å². The van der Waals surface area contributed by atoms with E-state index in [0.717, 1.165) is 6.07 Å². The molecule has 19 heavy (non-hydrogen) atoms. The van der Waals surface area contributed by atoms with E-state index in [4.69, 9.17) is 5.73 Å². The molecule has 0 saturated heterocycles. The Morgan fingerprint density at radius 1 is 1.47 bits per heavy atom. The zero-order chi connectivity index (χ0) is 14.6. The summed E-state index contributed by atoms with van der Waals surface area (Å²) in [4.78, 5) is 13.8. The number of hydrogen-bond acceptors (Lipinski definition) is 3. The molecule has 1 rings (SSSR count). The fourth-order valence-electron chi connectivity index (χ4n) is 1.79. The van der Waals surface area contributed by atoms with Crippen LogP contribution < -0.4 is 5.73 Å². The van der Waals surface area contributed by atoms with Crippen molar-refractivity contribution < 1.29 is 14.3 Å². The minimum Gasteiger partial charge on any atom is -0.507 e. The standard InChI is InChI=1S/C14H21FN2O2/c1-4-17(9-14(2,3)8-16)13(19)12-10(15)6-5-7-11(12)18/h5-7,18H,4,8-9,16H2,1-3H3. The van der Waals surface area contributed by atoms with Crippen LogP contribution in [0.1, 0.15) is 31.1 Å². The number of aromatic hydroxyl groups is 1. The lowest BCUT2D eigenvalue weighted by atomic mass is 9.92. The summed E-state index contributed by atoms with van der Waals surface area (Å²) in [5, 5.41) is 9.65. The lowest BCUT2D eigenvalue weighted by Crippen LogP contribution is -2.42. The molecular formula is C14H21FN2O2. The van der Waals surface area contributed by atoms with Crippen LogP contribution in [0.4, 0.5) is 4.39 Å². The van der Waals surface area contributed by atoms with Crippen LogP contribution in [0.5, 0.6) is 5.75 Å². The molecule has 0 fully saturated rings. The Labute approximate surface area is 113 Å². The summed E-state index contributed by atoms with van der Waals surface area (Å²) in [6, 6.07) is 3.83. The molecule has 3 N–H and O–H groups in total. The van der Waals surface area contributed by atoms with E-state index in [2.05, 4.69) is 0 Å². The molecule has 0 heterocycles. The minimum atomic E-state index is -0.714. The van der Waals surface area contributed by atoms with Crippen molar-refractivity contribution in [2.45, 2.75) is 20.8 Å². The molecule has 106 valence electrons. The van der Waals surface area contributed by atoms with Gasteiger partial charge in [0.25, 0.3) is 5.91 Å². The summed E-state index contributed by atoms with van der Waals surface area (Å²) in [7, 11) is 0. The van der Waals surface area contributed by atoms with Gasteiger partial charge in [0, 0.05) is 13.1 Å². The Hall–Kier alpha value is -1.62. The zero-order valence-electron chi connectivity index (χ0n) is 11.6. The largest absolute Gasteiger partial charge is 0.507 e. The third kappa shape index (κ3) is 3.67. The lowest BCUT2D eigenvalue weighted by Gasteiger charge is -2.31. The molecular weight excluding hydrogens is 247 g/mol. The van der Waals surface area contributed by atoms with Crippen LogP contribution in [0.25, 0.3) is 0 Å². The molecule has 0 aromatic heterocycles. The summed E-state index contributed by atoms with van der Waals surface area (Å²) in [5.74, 6) is -1.57. The molecule has 0 atom stereocenters. The van der Waals surface area contributed by atoms with Crippen LogP contribution >= 0.6 is 0 Å². The first-order valence-corrected chi connectivity index (χ1v) is 6.29. The maximum absolute atomic E-state index is 13.7. The van der Waals surface area contributed by atoms with Gasteiger partial charge in [-0.2, -0.15) is 0 Å². The van der Waals surface area contributed by atoms with Crippen molar-refractivity contribution in [2.24, 2.45) is 11.1 Å². The molecule has 0 aliphatic heterocycles. The normalized spacial score (nSPS) is 11.4. The van der Waals surface area contributed by atoms with Crippen molar-refractivity contribution in [3.8, 4) is 5.75 Å². The first-order valence-electron chi connectivity index (χ1n) is 6.29. The molecule has 1 amide bonds. The van der Waals surface area contributed by atoms with Gasteiger partial charge in [-0.1, -0.05) is 19.9 Å². The summed E-state index contributed by atoms with van der Waals surface area (Å²) < 4.78 is 13.7. The Kier molecular flexibility index (Phi) is 4.89. The average molecular weight is 268 g/mol. The predicted octanol–water partition coefficient (Wildman–Crippen LogP) is 1.98. The van der Waals surface area contributed by atoms with Gasteiger partial charge >= 0.3 is 0 Å². The molecule has 1 aromatic carbocycles. The SMILES string of the molecule is CCN(CC(C)(C)CN)C(=O)c1c(O)cccc1F. The van der Waals surface area contributed by atoms with Gasteiger partial charge in [-0.05, 0) is 31.0 Å². The topological polar surface area (TPSA) is 66.6 Å². The molecule has 0 bridgehead atoms. The second-order valence-electron chi connectivity index (χ2n) is 5.32. The highest BCUT2D eigenvalue weighted by Gasteiger charge is 2.26. The maximum Gasteiger partial charge on any atom is 0.260 e. The number of nitrogens with two attached hydrogens (primary N) is 1. The molecule has 1 aromatic rings. The Bertz CT molecular complexity index is 441. The number of halogens is 1. The first-order chi connectivity index (χ1) is 8.82. The Morgan fingerprint density at radius 3 is 2.58 bits per heavy atom. The minimum absolute atomic E-state index is 0.257. The molecule has 0 aliphatic rings. The van der Waals surface area contributed by atoms with E-state index in [1.165, 1.54) is 17.0 Å². The first kappa shape index (κ1) is 15.4. The van der Waals surface area contributed by atoms with E-state index < -0.39 is 11.7 Å². The summed E-state index contributed by atoms with van der Waals surface area (Å²) >= 11 is 0. The number of rotatable bonds is 5. The fraction of sp³-hybridized carbons (Fsp3) is 0.500. The zero-order valence-corrected chi connectivity index (χ0v) is 11.6. The number of hydrogen-bond donors (Lipinski definition) is 2. The van der Waals surface area contributed by atoms with Crippen LogP contribution in [0.3, 0.4) is 0 Å². The van der Waals surface area contributed by atoms with Gasteiger partial charge in [0.2, 0.25) is 0 Å². The van der Waals surface area contributed by atoms with Gasteiger partial charge in [0.15, 0.2) is 0 Å². The van der Waals surface area contributed by atoms with Crippen molar-refractivity contribution in [3.63, 3.8) is 0 Å². The van der Waals surface area contributed by atoms with E-state index in [1.54, 1.807) is 0 Å². The number of nitrogens with zero attached hydrogens (tertiary/aromatic N) is 1. The number of carbonyl (C=O) groups is 1. The highest BCUT2D eigenvalue weighted by atomic mass is 19.1. The summed E-state index contributed by atoms with van der Waals surface area (Å²) in [6.45, 7) is 6.93. The van der Waals surface area contributed by atoms with Crippen molar-refractivity contribution >= 4 is 5.91 Å². The van der Waals surface area contributed by atoms with Crippen molar-refractivity contribution in [3.05, 3.63) is 29.6 Å². The third-order valence-corrected chi connectivity index (χ3v) is 3.05. The Morgan fingerprint density at radius 2 is 2.11 bits per heavy atom. The quantitative estimate of drug-likeness (QED) is 0.858. The summed E-state index contributed by atoms with van der Waals surface area (Å²) in [5.41, 5.74) is 5.11. The van der Waals surface area contributed by atoms with E-state index in [1.807, 2.05) is 20.8 Å². The van der Waals surface area contributed by atoms with Crippen molar-refractivity contribution in [1.29, 1.82) is 0 Å². The monoisotopic (exact) mass is 268 g/mol. The highest BCUT2D eigenvalue weighted by molar-refractivity contribution is 5.97. The van der Waals surface area contributed by atoms with Crippen molar-refractivity contribution in [2.75, 3.05) is 19.6 Å². The van der Waals surface area contributed by atoms with Gasteiger partial charge in [-0.15, -0.1) is 0 Å². The molecule has 0 radical (unpaired) electrons. The Balaban J connectivity index is 3.03. The van der Waals surface area contributed by atoms with Crippen molar-refractivity contribution in [1.82, 2.24) is 4.90 Å². The second kappa shape index (κ2) is 6.02. The highest BCUT2D eigenvalue weighted by Crippen LogP contribution is 2.23. The number of amides is 1. The van der Waals surface area contributed by atoms with Crippen LogP contribution in [-0.4, -0.2) is 35.5 Å². The molecule has 0 spiro atoms. The van der Waals surface area contributed by atoms with E-state index in [-0.39, 0.29) is 16.7 Å². The van der Waals surface area contributed by atoms with E-state index in [9.17, 15) is 14.3 Å². The summed E-state index contributed by atoms with van der Waals surface area (Å²) in [6.07, 6.45) is 0. The molecule has 5 heteroatoms. The number of phenolic OH excluding ortho intramolecular Hbond substituents is 1. The second-order valence-corrected chi connectivity index (χ2v) is 5.32. The van der Waals surface area contributed by atoms with Crippen LogP contribution in [0.15, 0.2) is 18.2 Å². The van der Waals surface area contributed by atoms with Crippen LogP contribution in [0, 0.1) is 11.2 Å². The lowest BCUT2D eigenvalue weighted by molar-refractivity contribution is 0.0693. The average Bonchev–Trinajstić information content (AvgIpc) is 2.35. The number of carbonyl (C=O) groups excluding carboxylic acids is 1. The number of benzene rings is 1. The van der Waals surface area contributed by atoms with E-state index in [0.29, 0.717) is 19.6 Å². The molecule has 0 aliphatic carbocycles. The van der Waals surface area contributed by atoms with Gasteiger partial charge in [0.05, 0.1) is 0 Å². The van der Waals surface area contributed by atoms with Gasteiger partial charge in [-0.25, -0.2) is 4.39 Å². The van der Waals surface area contributed by atoms with Gasteiger partial charge < -0.3 is 15.7 Å². The molecule has 0 unspecified atom stereocenters. The molecule has 4 nitrogen and oxygen atoms in total. The van der Waals surface area contributed by atoms with Crippen LogP contribution in [-0.2, 0) is 0 Å². The van der Waals surface area contributed by atoms with Crippen LogP contribution in [0.2, 0.25) is 0 Å². The predicted molar refractivity (Wildman–Crippen MR) is 72.5 cm³/mol. The third-order valence-electron chi connectivity index (χ3n) is 3.05. The maximum atomic E-state index is 13.7. The fourth-order valence-corrected chi connectivity index (χ4v) is 1.79. The number of phenols is 1. The molecule has 0 saturated carbocycles. The smallest absolute Gasteiger partial charge is 0.260 e. The van der Waals surface area contributed by atoms with E-state index >= 15 is 0 Å².